The summed E-state index contributed by atoms with van der Waals surface area (Å²) in [5, 5.41) is 9.01. The number of aliphatic hydroxyl groups excluding tert-OH is 1. The van der Waals surface area contributed by atoms with Gasteiger partial charge in [-0.05, 0) is 6.07 Å². The lowest BCUT2D eigenvalue weighted by Gasteiger charge is -1.99. The van der Waals surface area contributed by atoms with Gasteiger partial charge >= 0.3 is 0 Å². The zero-order valence-electron chi connectivity index (χ0n) is 9.79. The van der Waals surface area contributed by atoms with Gasteiger partial charge in [-0.25, -0.2) is 0 Å². The number of pyridine rings is 1. The van der Waals surface area contributed by atoms with Crippen LogP contribution in [-0.2, 0) is 13.2 Å². The van der Waals surface area contributed by atoms with E-state index in [9.17, 15) is 4.79 Å². The number of carbonyl (C=O) groups excluding carboxylic acids is 1. The van der Waals surface area contributed by atoms with Crippen molar-refractivity contribution in [1.29, 1.82) is 0 Å². The Balaban J connectivity index is 0.00000162. The third kappa shape index (κ3) is 3.89. The molecule has 1 aromatic carbocycles. The summed E-state index contributed by atoms with van der Waals surface area (Å²) in [6.45, 7) is 0.276. The van der Waals surface area contributed by atoms with E-state index in [2.05, 4.69) is 0 Å². The van der Waals surface area contributed by atoms with Crippen LogP contribution >= 0.6 is 0 Å². The molecule has 0 radical (unpaired) electrons. The Hall–Kier alpha value is -1.27. The van der Waals surface area contributed by atoms with Crippen LogP contribution in [0.15, 0.2) is 54.9 Å². The number of benzene rings is 1. The molecule has 3 nitrogen and oxygen atoms in total. The van der Waals surface area contributed by atoms with Gasteiger partial charge in [-0.15, -0.1) is 0 Å². The number of carbonyl (C=O) groups is 1. The predicted octanol–water partition coefficient (Wildman–Crippen LogP) is -1.65. The van der Waals surface area contributed by atoms with Crippen molar-refractivity contribution >= 4 is 5.78 Å². The van der Waals surface area contributed by atoms with Gasteiger partial charge in [-0.1, -0.05) is 30.3 Å². The number of aliphatic hydroxyl groups is 1. The molecule has 0 aliphatic carbocycles. The molecule has 0 amide bonds. The SMILES string of the molecule is O=C(C[n+]1cccc(CO)c1)c1ccccc1.[I-]. The highest BCUT2D eigenvalue weighted by molar-refractivity contribution is 5.94. The average molecular weight is 355 g/mol. The molecule has 0 unspecified atom stereocenters. The van der Waals surface area contributed by atoms with Crippen LogP contribution in [0.5, 0.6) is 0 Å². The summed E-state index contributed by atoms with van der Waals surface area (Å²) < 4.78 is 1.78. The molecule has 18 heavy (non-hydrogen) atoms. The third-order valence-electron chi connectivity index (χ3n) is 2.52. The summed E-state index contributed by atoms with van der Waals surface area (Å²) >= 11 is 0. The van der Waals surface area contributed by atoms with Crippen molar-refractivity contribution < 1.29 is 38.4 Å². The number of aromatic nitrogens is 1. The number of hydrogen-bond donors (Lipinski definition) is 1. The minimum Gasteiger partial charge on any atom is -1.00 e. The summed E-state index contributed by atoms with van der Waals surface area (Å²) in [7, 11) is 0. The molecule has 94 valence electrons. The zero-order chi connectivity index (χ0) is 12.1. The Morgan fingerprint density at radius 1 is 1.11 bits per heavy atom. The largest absolute Gasteiger partial charge is 1.00 e. The molecule has 0 atom stereocenters. The highest BCUT2D eigenvalue weighted by atomic mass is 127. The van der Waals surface area contributed by atoms with E-state index in [0.29, 0.717) is 5.56 Å². The van der Waals surface area contributed by atoms with Crippen LogP contribution in [0.25, 0.3) is 0 Å². The first-order valence-electron chi connectivity index (χ1n) is 5.46. The Labute approximate surface area is 123 Å². The van der Waals surface area contributed by atoms with Gasteiger partial charge in [0.15, 0.2) is 12.4 Å². The molecule has 0 bridgehead atoms. The van der Waals surface area contributed by atoms with Gasteiger partial charge in [0, 0.05) is 17.2 Å². The summed E-state index contributed by atoms with van der Waals surface area (Å²) in [5.74, 6) is 0.0608. The molecule has 2 rings (SSSR count). The number of hydrogen-bond acceptors (Lipinski definition) is 2. The molecule has 0 fully saturated rings. The summed E-state index contributed by atoms with van der Waals surface area (Å²) in [4.78, 5) is 11.9. The smallest absolute Gasteiger partial charge is 0.227 e. The topological polar surface area (TPSA) is 41.2 Å². The molecule has 2 aromatic rings. The Bertz CT molecular complexity index is 514. The first-order chi connectivity index (χ1) is 8.29. The van der Waals surface area contributed by atoms with E-state index >= 15 is 0 Å². The van der Waals surface area contributed by atoms with Crippen LogP contribution in [0.2, 0.25) is 0 Å². The molecular weight excluding hydrogens is 341 g/mol. The van der Waals surface area contributed by atoms with E-state index in [1.54, 1.807) is 22.9 Å². The Morgan fingerprint density at radius 2 is 1.83 bits per heavy atom. The van der Waals surface area contributed by atoms with Crippen LogP contribution in [0.3, 0.4) is 0 Å². The lowest BCUT2D eigenvalue weighted by Crippen LogP contribution is -3.00. The Kier molecular flexibility index (Phi) is 5.94. The van der Waals surface area contributed by atoms with Crippen molar-refractivity contribution in [3.63, 3.8) is 0 Å². The molecule has 1 aromatic heterocycles. The fourth-order valence-electron chi connectivity index (χ4n) is 1.65. The van der Waals surface area contributed by atoms with Gasteiger partial charge in [0.2, 0.25) is 12.3 Å². The quantitative estimate of drug-likeness (QED) is 0.406. The maximum atomic E-state index is 11.9. The van der Waals surface area contributed by atoms with Crippen LogP contribution in [0, 0.1) is 0 Å². The standard InChI is InChI=1S/C14H14NO2.HI/c16-11-12-5-4-8-15(9-12)10-14(17)13-6-2-1-3-7-13;/h1-9,16H,10-11H2;1H/q+1;/p-1. The van der Waals surface area contributed by atoms with E-state index in [0.717, 1.165) is 5.56 Å². The minimum atomic E-state index is -0.0135. The number of nitrogens with zero attached hydrogens (tertiary/aromatic N) is 1. The van der Waals surface area contributed by atoms with E-state index in [1.807, 2.05) is 36.5 Å². The van der Waals surface area contributed by atoms with Crippen molar-refractivity contribution in [3.8, 4) is 0 Å². The maximum Gasteiger partial charge on any atom is 0.227 e. The average Bonchev–Trinajstić information content (AvgIpc) is 2.40. The number of halogens is 1. The van der Waals surface area contributed by atoms with E-state index in [-0.39, 0.29) is 42.9 Å². The molecule has 0 spiro atoms. The molecule has 1 heterocycles. The fourth-order valence-corrected chi connectivity index (χ4v) is 1.65. The predicted molar refractivity (Wildman–Crippen MR) is 63.3 cm³/mol. The lowest BCUT2D eigenvalue weighted by atomic mass is 10.1. The van der Waals surface area contributed by atoms with Crippen molar-refractivity contribution in [1.82, 2.24) is 0 Å². The molecule has 0 saturated carbocycles. The Morgan fingerprint density at radius 3 is 2.50 bits per heavy atom. The lowest BCUT2D eigenvalue weighted by molar-refractivity contribution is -0.683. The monoisotopic (exact) mass is 355 g/mol. The normalized spacial score (nSPS) is 9.61. The van der Waals surface area contributed by atoms with E-state index in [1.165, 1.54) is 0 Å². The van der Waals surface area contributed by atoms with Crippen LogP contribution < -0.4 is 28.5 Å². The second-order valence-corrected chi connectivity index (χ2v) is 3.83. The third-order valence-corrected chi connectivity index (χ3v) is 2.52. The van der Waals surface area contributed by atoms with Gasteiger partial charge in [0.1, 0.15) is 0 Å². The summed E-state index contributed by atoms with van der Waals surface area (Å²) in [6.07, 6.45) is 3.60. The number of ketones is 1. The highest BCUT2D eigenvalue weighted by Crippen LogP contribution is 2.00. The molecule has 0 aliphatic rings. The molecule has 4 heteroatoms. The number of Topliss-reactive ketones (excluding diaryl/α,β-unsaturated/α-hetero) is 1. The minimum absolute atomic E-state index is 0. The maximum absolute atomic E-state index is 11.9. The van der Waals surface area contributed by atoms with Crippen molar-refractivity contribution in [2.45, 2.75) is 13.2 Å². The zero-order valence-corrected chi connectivity index (χ0v) is 11.9. The van der Waals surface area contributed by atoms with E-state index < -0.39 is 0 Å². The van der Waals surface area contributed by atoms with Crippen molar-refractivity contribution in [2.75, 3.05) is 0 Å². The van der Waals surface area contributed by atoms with Crippen LogP contribution in [0.1, 0.15) is 15.9 Å². The van der Waals surface area contributed by atoms with Gasteiger partial charge in [0.05, 0.1) is 6.61 Å². The summed E-state index contributed by atoms with van der Waals surface area (Å²) in [6, 6.07) is 12.8. The summed E-state index contributed by atoms with van der Waals surface area (Å²) in [5.41, 5.74) is 1.50. The van der Waals surface area contributed by atoms with Crippen molar-refractivity contribution in [3.05, 3.63) is 66.0 Å². The second-order valence-electron chi connectivity index (χ2n) is 3.83. The molecule has 0 aliphatic heterocycles. The molecule has 1 N–H and O–H groups in total. The van der Waals surface area contributed by atoms with Crippen LogP contribution in [-0.4, -0.2) is 10.9 Å². The van der Waals surface area contributed by atoms with Gasteiger partial charge in [-0.3, -0.25) is 4.79 Å². The molecule has 0 saturated heterocycles. The van der Waals surface area contributed by atoms with E-state index in [4.69, 9.17) is 5.11 Å². The second kappa shape index (κ2) is 7.23. The first kappa shape index (κ1) is 14.8. The van der Waals surface area contributed by atoms with Gasteiger partial charge in [0.25, 0.3) is 0 Å². The first-order valence-corrected chi connectivity index (χ1v) is 5.46. The fraction of sp³-hybridized carbons (Fsp3) is 0.143. The van der Waals surface area contributed by atoms with Crippen molar-refractivity contribution in [2.24, 2.45) is 0 Å². The van der Waals surface area contributed by atoms with Crippen LogP contribution in [0.4, 0.5) is 0 Å². The number of rotatable bonds is 4. The van der Waals surface area contributed by atoms with Gasteiger partial charge < -0.3 is 29.1 Å². The highest BCUT2D eigenvalue weighted by Gasteiger charge is 2.11. The van der Waals surface area contributed by atoms with Gasteiger partial charge in [-0.2, -0.15) is 4.57 Å². The molecular formula is C14H14INO2.